The third kappa shape index (κ3) is 1.63. The Morgan fingerprint density at radius 1 is 1.25 bits per heavy atom. The maximum atomic E-state index is 11.0. The van der Waals surface area contributed by atoms with E-state index in [0.717, 1.165) is 5.56 Å². The van der Waals surface area contributed by atoms with Crippen LogP contribution in [-0.4, -0.2) is 35.5 Å². The maximum absolute atomic E-state index is 11.0. The Morgan fingerprint density at radius 3 is 2.75 bits per heavy atom. The molecule has 3 nitrogen and oxygen atoms in total. The molecule has 1 aromatic rings. The van der Waals surface area contributed by atoms with Crippen LogP contribution in [0.3, 0.4) is 0 Å². The van der Waals surface area contributed by atoms with Crippen LogP contribution >= 0.6 is 0 Å². The first-order chi connectivity index (χ1) is 5.38. The monoisotopic (exact) mass is 170 g/mol. The molecule has 1 amide bonds. The number of rotatable bonds is 0. The number of azo groups is 1. The molecule has 0 bridgehead atoms. The molecule has 1 aliphatic rings. The van der Waals surface area contributed by atoms with Crippen molar-refractivity contribution in [2.45, 2.75) is 6.54 Å². The summed E-state index contributed by atoms with van der Waals surface area (Å²) in [7, 11) is 0. The van der Waals surface area contributed by atoms with Crippen molar-refractivity contribution in [1.29, 1.82) is 0 Å². The summed E-state index contributed by atoms with van der Waals surface area (Å²) >= 11 is 0. The first-order valence-electron chi connectivity index (χ1n) is 3.37. The van der Waals surface area contributed by atoms with Crippen LogP contribution in [0.4, 0.5) is 0 Å². The van der Waals surface area contributed by atoms with Crippen molar-refractivity contribution >= 4 is 35.5 Å². The van der Waals surface area contributed by atoms with Crippen LogP contribution in [0, 0.1) is 0 Å². The van der Waals surface area contributed by atoms with Crippen LogP contribution < -0.4 is 0 Å². The number of benzene rings is 1. The molecule has 0 radical (unpaired) electrons. The van der Waals surface area contributed by atoms with Gasteiger partial charge < -0.3 is 0 Å². The number of hydrogen-bond acceptors (Lipinski definition) is 2. The van der Waals surface area contributed by atoms with Gasteiger partial charge in [-0.2, -0.15) is 5.11 Å². The summed E-state index contributed by atoms with van der Waals surface area (Å²) in [5.74, 6) is -0.230. The topological polar surface area (TPSA) is 41.8 Å². The number of carbonyl (C=O) groups excluding carboxylic acids is 1. The predicted molar refractivity (Wildman–Crippen MR) is 46.5 cm³/mol. The summed E-state index contributed by atoms with van der Waals surface area (Å²) in [4.78, 5) is 11.0. The van der Waals surface area contributed by atoms with Gasteiger partial charge in [0.1, 0.15) is 0 Å². The molecule has 2 rings (SSSR count). The number of carbonyl (C=O) groups is 1. The van der Waals surface area contributed by atoms with E-state index in [4.69, 9.17) is 0 Å². The minimum absolute atomic E-state index is 0. The van der Waals surface area contributed by atoms with Crippen molar-refractivity contribution in [2.24, 2.45) is 10.2 Å². The van der Waals surface area contributed by atoms with Gasteiger partial charge in [0.2, 0.25) is 0 Å². The van der Waals surface area contributed by atoms with E-state index in [1.165, 1.54) is 0 Å². The van der Waals surface area contributed by atoms with Crippen molar-refractivity contribution in [3.05, 3.63) is 35.4 Å². The second kappa shape index (κ2) is 3.94. The fourth-order valence-corrected chi connectivity index (χ4v) is 1.10. The molecular formula is C8H7N2NaO. The van der Waals surface area contributed by atoms with E-state index in [9.17, 15) is 4.79 Å². The zero-order chi connectivity index (χ0) is 7.68. The molecular weight excluding hydrogens is 163 g/mol. The Bertz CT molecular complexity index is 336. The van der Waals surface area contributed by atoms with Crippen LogP contribution in [0.25, 0.3) is 0 Å². The summed E-state index contributed by atoms with van der Waals surface area (Å²) in [6, 6.07) is 7.39. The zero-order valence-corrected chi connectivity index (χ0v) is 5.82. The van der Waals surface area contributed by atoms with Gasteiger partial charge in [0, 0.05) is 5.56 Å². The fraction of sp³-hybridized carbons (Fsp3) is 0.125. The average Bonchev–Trinajstić information content (AvgIpc) is 2.06. The van der Waals surface area contributed by atoms with Gasteiger partial charge >= 0.3 is 29.6 Å². The van der Waals surface area contributed by atoms with E-state index in [-0.39, 0.29) is 35.5 Å². The number of amides is 1. The molecule has 1 heterocycles. The molecule has 0 aliphatic carbocycles. The first kappa shape index (κ1) is 9.58. The summed E-state index contributed by atoms with van der Waals surface area (Å²) in [5.41, 5.74) is 1.65. The molecule has 0 saturated heterocycles. The van der Waals surface area contributed by atoms with Crippen LogP contribution in [-0.2, 0) is 6.54 Å². The van der Waals surface area contributed by atoms with Gasteiger partial charge in [0.25, 0.3) is 5.91 Å². The second-order valence-electron chi connectivity index (χ2n) is 2.36. The van der Waals surface area contributed by atoms with Gasteiger partial charge in [-0.05, 0) is 11.6 Å². The Balaban J connectivity index is 0.000000720. The quantitative estimate of drug-likeness (QED) is 0.538. The average molecular weight is 170 g/mol. The van der Waals surface area contributed by atoms with E-state index in [2.05, 4.69) is 10.2 Å². The number of hydrogen-bond donors (Lipinski definition) is 0. The van der Waals surface area contributed by atoms with Crippen LogP contribution in [0.1, 0.15) is 15.9 Å². The molecule has 0 aromatic heterocycles. The summed E-state index contributed by atoms with van der Waals surface area (Å²) in [6.07, 6.45) is 0. The molecule has 12 heavy (non-hydrogen) atoms. The van der Waals surface area contributed by atoms with Crippen LogP contribution in [0.15, 0.2) is 34.5 Å². The molecule has 0 saturated carbocycles. The molecule has 56 valence electrons. The van der Waals surface area contributed by atoms with E-state index >= 15 is 0 Å². The molecule has 0 unspecified atom stereocenters. The predicted octanol–water partition coefficient (Wildman–Crippen LogP) is 1.14. The summed E-state index contributed by atoms with van der Waals surface area (Å²) in [6.45, 7) is 0.530. The second-order valence-corrected chi connectivity index (χ2v) is 2.36. The Morgan fingerprint density at radius 2 is 2.00 bits per heavy atom. The standard InChI is InChI=1S/C8H6N2O.Na.H/c11-8-7-4-2-1-3-6(7)5-9-10-8;;/h1-4H,5H2;;. The SMILES string of the molecule is O=C1N=NCc2ccccc21.[NaH]. The van der Waals surface area contributed by atoms with E-state index in [0.29, 0.717) is 12.1 Å². The van der Waals surface area contributed by atoms with Crippen LogP contribution in [0.2, 0.25) is 0 Å². The summed E-state index contributed by atoms with van der Waals surface area (Å²) in [5, 5.41) is 7.13. The van der Waals surface area contributed by atoms with E-state index < -0.39 is 0 Å². The van der Waals surface area contributed by atoms with Gasteiger partial charge in [-0.25, -0.2) is 0 Å². The van der Waals surface area contributed by atoms with Crippen LogP contribution in [0.5, 0.6) is 0 Å². The molecule has 0 atom stereocenters. The normalized spacial score (nSPS) is 13.5. The van der Waals surface area contributed by atoms with Gasteiger partial charge in [-0.3, -0.25) is 4.79 Å². The molecule has 1 aromatic carbocycles. The Kier molecular flexibility index (Phi) is 3.14. The minimum atomic E-state index is -0.230. The molecule has 1 aliphatic heterocycles. The van der Waals surface area contributed by atoms with Gasteiger partial charge in [0.05, 0.1) is 6.54 Å². The fourth-order valence-electron chi connectivity index (χ4n) is 1.10. The van der Waals surface area contributed by atoms with Gasteiger partial charge in [-0.1, -0.05) is 18.2 Å². The third-order valence-electron chi connectivity index (χ3n) is 1.65. The van der Waals surface area contributed by atoms with Gasteiger partial charge in [-0.15, -0.1) is 5.11 Å². The zero-order valence-electron chi connectivity index (χ0n) is 5.82. The summed E-state index contributed by atoms with van der Waals surface area (Å²) < 4.78 is 0. The molecule has 4 heteroatoms. The number of fused-ring (bicyclic) bond motifs is 1. The van der Waals surface area contributed by atoms with E-state index in [1.54, 1.807) is 6.07 Å². The Hall–Kier alpha value is -0.510. The number of nitrogens with zero attached hydrogens (tertiary/aromatic N) is 2. The molecule has 0 fully saturated rings. The van der Waals surface area contributed by atoms with Crippen molar-refractivity contribution in [3.63, 3.8) is 0 Å². The molecule has 0 N–H and O–H groups in total. The third-order valence-corrected chi connectivity index (χ3v) is 1.65. The van der Waals surface area contributed by atoms with E-state index in [1.807, 2.05) is 18.2 Å². The van der Waals surface area contributed by atoms with Crippen molar-refractivity contribution < 1.29 is 4.79 Å². The molecule has 0 spiro atoms. The van der Waals surface area contributed by atoms with Crippen molar-refractivity contribution in [2.75, 3.05) is 0 Å². The van der Waals surface area contributed by atoms with Gasteiger partial charge in [0.15, 0.2) is 0 Å². The van der Waals surface area contributed by atoms with Crippen molar-refractivity contribution in [3.8, 4) is 0 Å². The van der Waals surface area contributed by atoms with Crippen molar-refractivity contribution in [1.82, 2.24) is 0 Å². The Labute approximate surface area is 92.2 Å². The first-order valence-corrected chi connectivity index (χ1v) is 3.37.